The van der Waals surface area contributed by atoms with E-state index < -0.39 is 48.7 Å². The van der Waals surface area contributed by atoms with E-state index in [4.69, 9.17) is 13.9 Å². The van der Waals surface area contributed by atoms with Gasteiger partial charge in [0.25, 0.3) is 0 Å². The van der Waals surface area contributed by atoms with Crippen LogP contribution in [-0.4, -0.2) is 75.2 Å². The predicted molar refractivity (Wildman–Crippen MR) is 115 cm³/mol. The minimum atomic E-state index is -1.68. The van der Waals surface area contributed by atoms with Crippen LogP contribution in [0.25, 0.3) is 21.7 Å². The highest BCUT2D eigenvalue weighted by Crippen LogP contribution is 2.34. The van der Waals surface area contributed by atoms with Gasteiger partial charge in [-0.15, -0.1) is 0 Å². The number of hydrogen-bond acceptors (Lipinski definition) is 10. The van der Waals surface area contributed by atoms with E-state index in [1.54, 1.807) is 24.3 Å². The van der Waals surface area contributed by atoms with Gasteiger partial charge in [-0.25, -0.2) is 4.79 Å². The third kappa shape index (κ3) is 4.01. The molecule has 0 spiro atoms. The van der Waals surface area contributed by atoms with Crippen LogP contribution < -0.4 is 10.4 Å². The Morgan fingerprint density at radius 1 is 1.03 bits per heavy atom. The van der Waals surface area contributed by atoms with Crippen molar-refractivity contribution in [2.45, 2.75) is 44.1 Å². The van der Waals surface area contributed by atoms with Crippen LogP contribution in [0.15, 0.2) is 39.5 Å². The second-order valence-corrected chi connectivity index (χ2v) is 7.89. The summed E-state index contributed by atoms with van der Waals surface area (Å²) in [6.45, 7) is 0.460. The second kappa shape index (κ2) is 9.18. The summed E-state index contributed by atoms with van der Waals surface area (Å²) in [6.07, 6.45) is -7.35. The summed E-state index contributed by atoms with van der Waals surface area (Å²) in [7, 11) is 0. The van der Waals surface area contributed by atoms with Crippen LogP contribution in [0.2, 0.25) is 0 Å². The van der Waals surface area contributed by atoms with Crippen molar-refractivity contribution in [3.8, 4) is 5.75 Å². The van der Waals surface area contributed by atoms with Crippen molar-refractivity contribution in [3.63, 3.8) is 0 Å². The molecule has 1 aromatic heterocycles. The first-order valence-corrected chi connectivity index (χ1v) is 10.4. The van der Waals surface area contributed by atoms with Gasteiger partial charge in [0.15, 0.2) is 11.4 Å². The number of aliphatic hydroxyl groups excluding tert-OH is 5. The molecule has 0 bridgehead atoms. The summed E-state index contributed by atoms with van der Waals surface area (Å²) in [5.41, 5.74) is -0.176. The van der Waals surface area contributed by atoms with Gasteiger partial charge in [-0.05, 0) is 31.0 Å². The van der Waals surface area contributed by atoms with E-state index in [1.807, 2.05) is 0 Å². The molecular formula is C23H24O10. The Morgan fingerprint density at radius 3 is 2.45 bits per heavy atom. The SMILES string of the molecule is CC(=O)c1c(O[C@@H]2O[C@H](CO)[C@@H](O)[C@H](O)[C@H]2O)ccc2c1oc(=O)c1c(CCO)cccc12. The zero-order valence-corrected chi connectivity index (χ0v) is 17.7. The summed E-state index contributed by atoms with van der Waals surface area (Å²) in [5, 5.41) is 50.2. The molecule has 1 aliphatic rings. The molecule has 1 saturated heterocycles. The molecule has 176 valence electrons. The first-order chi connectivity index (χ1) is 15.8. The maximum Gasteiger partial charge on any atom is 0.344 e. The molecule has 2 heterocycles. The summed E-state index contributed by atoms with van der Waals surface area (Å²) in [5.74, 6) is -0.567. The zero-order chi connectivity index (χ0) is 23.9. The number of ether oxygens (including phenoxy) is 2. The van der Waals surface area contributed by atoms with Gasteiger partial charge in [-0.1, -0.05) is 18.2 Å². The van der Waals surface area contributed by atoms with Crippen LogP contribution in [-0.2, 0) is 11.2 Å². The predicted octanol–water partition coefficient (Wildman–Crippen LogP) is -0.138. The molecule has 0 aliphatic carbocycles. The standard InChI is InChI=1S/C23H24O10/c1-10(26)16-14(31-23-20(29)19(28)18(27)15(9-25)32-23)6-5-13-12-4-2-3-11(7-8-24)17(12)22(30)33-21(13)16/h2-6,15,18-20,23-25,27-29H,7-9H2,1H3/t15-,18-,19+,20-,23-/m1/s1. The van der Waals surface area contributed by atoms with Gasteiger partial charge >= 0.3 is 5.63 Å². The fraction of sp³-hybridized carbons (Fsp3) is 0.391. The lowest BCUT2D eigenvalue weighted by molar-refractivity contribution is -0.277. The summed E-state index contributed by atoms with van der Waals surface area (Å²) in [4.78, 5) is 25.4. The fourth-order valence-electron chi connectivity index (χ4n) is 4.14. The third-order valence-electron chi connectivity index (χ3n) is 5.78. The minimum Gasteiger partial charge on any atom is -0.461 e. The maximum absolute atomic E-state index is 12.8. The van der Waals surface area contributed by atoms with E-state index in [0.717, 1.165) is 0 Å². The van der Waals surface area contributed by atoms with Crippen molar-refractivity contribution in [1.29, 1.82) is 0 Å². The van der Waals surface area contributed by atoms with E-state index in [2.05, 4.69) is 0 Å². The van der Waals surface area contributed by atoms with Gasteiger partial charge in [0.05, 0.1) is 12.0 Å². The molecule has 5 atom stereocenters. The lowest BCUT2D eigenvalue weighted by Gasteiger charge is -2.39. The van der Waals surface area contributed by atoms with E-state index in [-0.39, 0.29) is 29.9 Å². The summed E-state index contributed by atoms with van der Waals surface area (Å²) < 4.78 is 16.5. The summed E-state index contributed by atoms with van der Waals surface area (Å²) in [6, 6.07) is 8.17. The van der Waals surface area contributed by atoms with Crippen LogP contribution in [0.3, 0.4) is 0 Å². The van der Waals surface area contributed by atoms with E-state index >= 15 is 0 Å². The number of Topliss-reactive ketones (excluding diaryl/α,β-unsaturated/α-hetero) is 1. The molecule has 1 fully saturated rings. The molecule has 4 rings (SSSR count). The highest BCUT2D eigenvalue weighted by Gasteiger charge is 2.45. The van der Waals surface area contributed by atoms with Crippen molar-refractivity contribution < 1.29 is 44.2 Å². The molecule has 0 amide bonds. The summed E-state index contributed by atoms with van der Waals surface area (Å²) >= 11 is 0. The van der Waals surface area contributed by atoms with Crippen molar-refractivity contribution >= 4 is 27.5 Å². The molecule has 3 aromatic rings. The minimum absolute atomic E-state index is 0.0248. The first kappa shape index (κ1) is 23.3. The van der Waals surface area contributed by atoms with Crippen LogP contribution >= 0.6 is 0 Å². The van der Waals surface area contributed by atoms with Gasteiger partial charge < -0.3 is 39.4 Å². The fourth-order valence-corrected chi connectivity index (χ4v) is 4.14. The molecule has 10 heteroatoms. The number of rotatable bonds is 6. The van der Waals surface area contributed by atoms with Crippen LogP contribution in [0.5, 0.6) is 5.75 Å². The monoisotopic (exact) mass is 460 g/mol. The smallest absolute Gasteiger partial charge is 0.344 e. The quantitative estimate of drug-likeness (QED) is 0.190. The van der Waals surface area contributed by atoms with Crippen molar-refractivity contribution in [1.82, 2.24) is 0 Å². The van der Waals surface area contributed by atoms with Crippen molar-refractivity contribution in [2.75, 3.05) is 13.2 Å². The van der Waals surface area contributed by atoms with Crippen LogP contribution in [0.4, 0.5) is 0 Å². The molecule has 10 nitrogen and oxygen atoms in total. The largest absolute Gasteiger partial charge is 0.461 e. The van der Waals surface area contributed by atoms with Crippen LogP contribution in [0.1, 0.15) is 22.8 Å². The Labute approximate surface area is 187 Å². The van der Waals surface area contributed by atoms with E-state index in [0.29, 0.717) is 21.7 Å². The Bertz CT molecular complexity index is 1250. The number of fused-ring (bicyclic) bond motifs is 3. The molecule has 5 N–H and O–H groups in total. The lowest BCUT2D eigenvalue weighted by atomic mass is 9.98. The normalized spacial score (nSPS) is 25.5. The van der Waals surface area contributed by atoms with Gasteiger partial charge in [-0.2, -0.15) is 0 Å². The highest BCUT2D eigenvalue weighted by atomic mass is 16.7. The van der Waals surface area contributed by atoms with Crippen molar-refractivity contribution in [2.24, 2.45) is 0 Å². The van der Waals surface area contributed by atoms with Gasteiger partial charge in [0, 0.05) is 17.4 Å². The van der Waals surface area contributed by atoms with Crippen molar-refractivity contribution in [3.05, 3.63) is 51.9 Å². The number of aliphatic hydroxyl groups is 5. The molecule has 33 heavy (non-hydrogen) atoms. The Balaban J connectivity index is 1.85. The Morgan fingerprint density at radius 2 is 1.79 bits per heavy atom. The highest BCUT2D eigenvalue weighted by molar-refractivity contribution is 6.14. The Hall–Kier alpha value is -2.86. The molecule has 2 aromatic carbocycles. The molecular weight excluding hydrogens is 436 g/mol. The molecule has 0 radical (unpaired) electrons. The maximum atomic E-state index is 12.8. The number of carbonyl (C=O) groups is 1. The Kier molecular flexibility index (Phi) is 6.48. The van der Waals surface area contributed by atoms with Gasteiger partial charge in [0.1, 0.15) is 35.7 Å². The molecule has 0 saturated carbocycles. The topological polar surface area (TPSA) is 167 Å². The molecule has 0 unspecified atom stereocenters. The lowest BCUT2D eigenvalue weighted by Crippen LogP contribution is -2.60. The number of carbonyl (C=O) groups excluding carboxylic acids is 1. The second-order valence-electron chi connectivity index (χ2n) is 7.89. The number of ketones is 1. The zero-order valence-electron chi connectivity index (χ0n) is 17.7. The number of benzene rings is 2. The average Bonchev–Trinajstić information content (AvgIpc) is 2.79. The van der Waals surface area contributed by atoms with Crippen LogP contribution in [0, 0.1) is 0 Å². The van der Waals surface area contributed by atoms with Gasteiger partial charge in [-0.3, -0.25) is 4.79 Å². The molecule has 1 aliphatic heterocycles. The number of hydrogen-bond donors (Lipinski definition) is 5. The van der Waals surface area contributed by atoms with Gasteiger partial charge in [0.2, 0.25) is 6.29 Å². The third-order valence-corrected chi connectivity index (χ3v) is 5.78. The van der Waals surface area contributed by atoms with E-state index in [1.165, 1.54) is 13.0 Å². The first-order valence-electron chi connectivity index (χ1n) is 10.4. The average molecular weight is 460 g/mol. The van der Waals surface area contributed by atoms with E-state index in [9.17, 15) is 35.1 Å².